The van der Waals surface area contributed by atoms with Crippen LogP contribution in [-0.2, 0) is 38.2 Å². The van der Waals surface area contributed by atoms with Crippen LogP contribution in [0.15, 0.2) is 112 Å². The van der Waals surface area contributed by atoms with Crippen molar-refractivity contribution < 1.29 is 45.8 Å². The van der Waals surface area contributed by atoms with Crippen LogP contribution in [0, 0.1) is 11.3 Å². The Morgan fingerprint density at radius 1 is 0.617 bits per heavy atom. The van der Waals surface area contributed by atoms with E-state index in [4.69, 9.17) is 0 Å². The van der Waals surface area contributed by atoms with E-state index < -0.39 is 21.0 Å². The van der Waals surface area contributed by atoms with Gasteiger partial charge in [0.2, 0.25) is 0 Å². The van der Waals surface area contributed by atoms with E-state index >= 15 is 0 Å². The fourth-order valence-electron chi connectivity index (χ4n) is 6.97. The van der Waals surface area contributed by atoms with E-state index in [-0.39, 0.29) is 41.1 Å². The molecule has 1 atom stereocenters. The zero-order valence-corrected chi connectivity index (χ0v) is 35.0. The molecule has 0 saturated heterocycles. The second-order valence-electron chi connectivity index (χ2n) is 16.3. The molecule has 1 unspecified atom stereocenters. The van der Waals surface area contributed by atoms with Crippen molar-refractivity contribution in [2.45, 2.75) is 86.5 Å². The van der Waals surface area contributed by atoms with Gasteiger partial charge in [-0.05, 0) is 0 Å². The third-order valence-corrected chi connectivity index (χ3v) is 21.4. The SMILES string of the molecule is CC1C=C(C(C)(C)C)C=[C]1[Hf+2](=[C](c1ccccc1)c1ccccc1)[c]1cc(C(C)(C)C)cc2c1Cc1ccc(C(C)(C)C)cc1-2.[Cl-].[Cl-]. The molecule has 0 radical (unpaired) electrons. The van der Waals surface area contributed by atoms with E-state index in [1.54, 1.807) is 15.5 Å². The predicted molar refractivity (Wildman–Crippen MR) is 193 cm³/mol. The molecule has 0 bridgehead atoms. The molecule has 6 rings (SSSR count). The van der Waals surface area contributed by atoms with Gasteiger partial charge in [0.15, 0.2) is 0 Å². The summed E-state index contributed by atoms with van der Waals surface area (Å²) in [4.78, 5) is 0. The van der Waals surface area contributed by atoms with E-state index in [9.17, 15) is 0 Å². The first-order chi connectivity index (χ1) is 21.1. The number of halogens is 2. The Morgan fingerprint density at radius 2 is 1.15 bits per heavy atom. The maximum absolute atomic E-state index is 3.10. The van der Waals surface area contributed by atoms with E-state index in [0.717, 1.165) is 6.42 Å². The monoisotopic (exact) mass is 828 g/mol. The molecular formula is C44H50Cl2Hf. The molecule has 0 fully saturated rings. The molecule has 0 saturated carbocycles. The maximum Gasteiger partial charge on any atom is -1.00 e. The Labute approximate surface area is 304 Å². The summed E-state index contributed by atoms with van der Waals surface area (Å²) in [5, 5.41) is 0. The summed E-state index contributed by atoms with van der Waals surface area (Å²) in [6, 6.07) is 35.2. The van der Waals surface area contributed by atoms with Crippen LogP contribution in [0.5, 0.6) is 0 Å². The van der Waals surface area contributed by atoms with Gasteiger partial charge < -0.3 is 24.8 Å². The molecule has 0 amide bonds. The molecule has 244 valence electrons. The molecule has 0 aliphatic heterocycles. The second kappa shape index (κ2) is 13.9. The van der Waals surface area contributed by atoms with Crippen LogP contribution >= 0.6 is 0 Å². The quantitative estimate of drug-likeness (QED) is 0.227. The third-order valence-electron chi connectivity index (χ3n) is 9.78. The second-order valence-corrected chi connectivity index (χ2v) is 24.8. The Balaban J connectivity index is 0.00000250. The third kappa shape index (κ3) is 7.49. The Hall–Kier alpha value is -2.32. The van der Waals surface area contributed by atoms with Gasteiger partial charge in [-0.15, -0.1) is 0 Å². The summed E-state index contributed by atoms with van der Waals surface area (Å²) in [5.41, 5.74) is 13.5. The van der Waals surface area contributed by atoms with Crippen molar-refractivity contribution >= 4 is 6.58 Å². The molecule has 0 nitrogen and oxygen atoms in total. The van der Waals surface area contributed by atoms with Crippen molar-refractivity contribution in [3.8, 4) is 11.1 Å². The Morgan fingerprint density at radius 3 is 1.64 bits per heavy atom. The average Bonchev–Trinajstić information content (AvgIpc) is 3.55. The first kappa shape index (κ1) is 37.5. The van der Waals surface area contributed by atoms with Crippen molar-refractivity contribution in [1.82, 2.24) is 0 Å². The van der Waals surface area contributed by atoms with Crippen LogP contribution < -0.4 is 28.1 Å². The maximum atomic E-state index is 2.67. The molecule has 2 aliphatic rings. The Bertz CT molecular complexity index is 1810. The van der Waals surface area contributed by atoms with Gasteiger partial charge in [-0.3, -0.25) is 0 Å². The van der Waals surface area contributed by atoms with Crippen LogP contribution in [0.1, 0.15) is 103 Å². The van der Waals surface area contributed by atoms with Crippen LogP contribution in [0.3, 0.4) is 0 Å². The molecule has 3 heteroatoms. The van der Waals surface area contributed by atoms with E-state index in [1.165, 1.54) is 44.5 Å². The molecule has 4 aromatic rings. The minimum absolute atomic E-state index is 0. The molecule has 0 N–H and O–H groups in total. The van der Waals surface area contributed by atoms with Gasteiger partial charge in [-0.25, -0.2) is 0 Å². The van der Waals surface area contributed by atoms with Gasteiger partial charge in [0.25, 0.3) is 0 Å². The largest absolute Gasteiger partial charge is 1.00 e. The summed E-state index contributed by atoms with van der Waals surface area (Å²) < 4.78 is 5.01. The van der Waals surface area contributed by atoms with Crippen molar-refractivity contribution in [3.05, 3.63) is 145 Å². The number of allylic oxidation sites excluding steroid dienone is 4. The minimum atomic E-state index is -3.10. The smallest absolute Gasteiger partial charge is 1.00 e. The van der Waals surface area contributed by atoms with Gasteiger partial charge in [0.1, 0.15) is 0 Å². The molecule has 0 spiro atoms. The fourth-order valence-corrected chi connectivity index (χ4v) is 19.3. The van der Waals surface area contributed by atoms with Gasteiger partial charge in [-0.1, -0.05) is 0 Å². The molecule has 4 aromatic carbocycles. The normalized spacial score (nSPS) is 15.3. The fraction of sp³-hybridized carbons (Fsp3) is 0.341. The van der Waals surface area contributed by atoms with E-state index in [2.05, 4.69) is 172 Å². The first-order valence-electron chi connectivity index (χ1n) is 16.7. The topological polar surface area (TPSA) is 0 Å². The van der Waals surface area contributed by atoms with Gasteiger partial charge in [0, 0.05) is 0 Å². The zero-order chi connectivity index (χ0) is 32.3. The summed E-state index contributed by atoms with van der Waals surface area (Å²) in [5.74, 6) is 0.439. The van der Waals surface area contributed by atoms with Gasteiger partial charge >= 0.3 is 282 Å². The van der Waals surface area contributed by atoms with Crippen LogP contribution in [0.4, 0.5) is 0 Å². The predicted octanol–water partition coefficient (Wildman–Crippen LogP) is 4.88. The van der Waals surface area contributed by atoms with Crippen LogP contribution in [0.2, 0.25) is 0 Å². The van der Waals surface area contributed by atoms with Crippen molar-refractivity contribution in [2.24, 2.45) is 11.3 Å². The van der Waals surface area contributed by atoms with E-state index in [0.29, 0.717) is 5.92 Å². The van der Waals surface area contributed by atoms with Gasteiger partial charge in [0.05, 0.1) is 0 Å². The molecule has 47 heavy (non-hydrogen) atoms. The van der Waals surface area contributed by atoms with E-state index in [1.807, 2.05) is 0 Å². The number of hydrogen-bond acceptors (Lipinski definition) is 0. The molecule has 0 aromatic heterocycles. The number of rotatable bonds is 4. The molecule has 0 heterocycles. The van der Waals surface area contributed by atoms with Crippen LogP contribution in [0.25, 0.3) is 11.1 Å². The molecular weight excluding hydrogens is 778 g/mol. The van der Waals surface area contributed by atoms with Crippen LogP contribution in [-0.4, -0.2) is 3.26 Å². The summed E-state index contributed by atoms with van der Waals surface area (Å²) in [7, 11) is 0. The van der Waals surface area contributed by atoms with Crippen molar-refractivity contribution in [3.63, 3.8) is 0 Å². The average molecular weight is 828 g/mol. The Kier molecular flexibility index (Phi) is 11.1. The summed E-state index contributed by atoms with van der Waals surface area (Å²) >= 11 is -3.10. The summed E-state index contributed by atoms with van der Waals surface area (Å²) in [6.07, 6.45) is 6.25. The number of fused-ring (bicyclic) bond motifs is 3. The standard InChI is InChI=1S/C21H25.C13H10.C10H15.2ClH.Hf/c1-20(2,3)16-9-7-14-11-15-8-10-17(21(4,5)6)13-19(15)18(14)12-16;1-3-7-12(8-4-1)11-13-9-5-2-6-10-13;1-8-5-6-9(7-8)10(2,3)4;;;/h7,9-10,12-13H,11H2,1-6H3;1-10H;6-8H,1-4H3;2*1H;/q;;;;;+2/p-2. The minimum Gasteiger partial charge on any atom is -1.00 e. The number of hydrogen-bond donors (Lipinski definition) is 0. The number of benzene rings is 4. The van der Waals surface area contributed by atoms with Crippen molar-refractivity contribution in [2.75, 3.05) is 0 Å². The zero-order valence-electron chi connectivity index (χ0n) is 29.9. The summed E-state index contributed by atoms with van der Waals surface area (Å²) in [6.45, 7) is 23.8. The van der Waals surface area contributed by atoms with Crippen molar-refractivity contribution in [1.29, 1.82) is 0 Å². The molecule has 2 aliphatic carbocycles. The van der Waals surface area contributed by atoms with Gasteiger partial charge in [-0.2, -0.15) is 0 Å². The first-order valence-corrected chi connectivity index (χ1v) is 22.1.